The van der Waals surface area contributed by atoms with Crippen molar-refractivity contribution in [3.8, 4) is 0 Å². The lowest BCUT2D eigenvalue weighted by Crippen LogP contribution is -2.28. The Hall–Kier alpha value is -0.570. The molecule has 0 amide bonds. The molecule has 17 heavy (non-hydrogen) atoms. The van der Waals surface area contributed by atoms with Crippen LogP contribution in [0.5, 0.6) is 0 Å². The summed E-state index contributed by atoms with van der Waals surface area (Å²) in [5.41, 5.74) is 0.518. The van der Waals surface area contributed by atoms with E-state index in [4.69, 9.17) is 5.11 Å². The number of halogens is 3. The van der Waals surface area contributed by atoms with Crippen molar-refractivity contribution in [1.29, 1.82) is 0 Å². The normalized spacial score (nSPS) is 12.1. The van der Waals surface area contributed by atoms with Gasteiger partial charge in [-0.1, -0.05) is 6.07 Å². The van der Waals surface area contributed by atoms with Gasteiger partial charge in [-0.05, 0) is 33.6 Å². The van der Waals surface area contributed by atoms with Crippen LogP contribution in [0.4, 0.5) is 8.78 Å². The first kappa shape index (κ1) is 14.5. The highest BCUT2D eigenvalue weighted by Gasteiger charge is 2.19. The Bertz CT molecular complexity index is 493. The SMILES string of the molecule is O=S(=O)(NCC(F)F)c1ccc(CO)cc1Br. The topological polar surface area (TPSA) is 66.4 Å². The Balaban J connectivity index is 2.99. The summed E-state index contributed by atoms with van der Waals surface area (Å²) in [5, 5.41) is 8.85. The number of alkyl halides is 2. The van der Waals surface area contributed by atoms with Crippen molar-refractivity contribution in [2.75, 3.05) is 6.54 Å². The molecule has 1 aromatic rings. The zero-order chi connectivity index (χ0) is 13.1. The van der Waals surface area contributed by atoms with Gasteiger partial charge in [-0.3, -0.25) is 0 Å². The highest BCUT2D eigenvalue weighted by atomic mass is 79.9. The molecule has 0 atom stereocenters. The van der Waals surface area contributed by atoms with Crippen molar-refractivity contribution in [3.05, 3.63) is 28.2 Å². The molecule has 0 aromatic heterocycles. The molecule has 0 aliphatic heterocycles. The number of aliphatic hydroxyl groups excluding tert-OH is 1. The van der Waals surface area contributed by atoms with E-state index in [-0.39, 0.29) is 16.0 Å². The van der Waals surface area contributed by atoms with Crippen LogP contribution in [0.2, 0.25) is 0 Å². The van der Waals surface area contributed by atoms with Gasteiger partial charge in [0, 0.05) is 4.47 Å². The number of nitrogens with one attached hydrogen (secondary N) is 1. The standard InChI is InChI=1S/C9H10BrF2NO3S/c10-7-3-6(5-14)1-2-8(7)17(15,16)13-4-9(11)12/h1-3,9,13-14H,4-5H2. The number of aliphatic hydroxyl groups is 1. The van der Waals surface area contributed by atoms with E-state index in [9.17, 15) is 17.2 Å². The lowest BCUT2D eigenvalue weighted by atomic mass is 10.2. The van der Waals surface area contributed by atoms with Gasteiger partial charge in [0.1, 0.15) is 0 Å². The number of hydrogen-bond acceptors (Lipinski definition) is 3. The Morgan fingerprint density at radius 3 is 2.53 bits per heavy atom. The molecular formula is C9H10BrF2NO3S. The quantitative estimate of drug-likeness (QED) is 0.860. The lowest BCUT2D eigenvalue weighted by molar-refractivity contribution is 0.153. The van der Waals surface area contributed by atoms with Crippen molar-refractivity contribution in [3.63, 3.8) is 0 Å². The van der Waals surface area contributed by atoms with E-state index >= 15 is 0 Å². The largest absolute Gasteiger partial charge is 0.392 e. The molecule has 0 radical (unpaired) electrons. The fraction of sp³-hybridized carbons (Fsp3) is 0.333. The fourth-order valence-electron chi connectivity index (χ4n) is 1.11. The van der Waals surface area contributed by atoms with Gasteiger partial charge in [-0.15, -0.1) is 0 Å². The third kappa shape index (κ3) is 3.98. The van der Waals surface area contributed by atoms with E-state index in [1.807, 2.05) is 0 Å². The van der Waals surface area contributed by atoms with E-state index in [0.717, 1.165) is 0 Å². The van der Waals surface area contributed by atoms with Crippen LogP contribution < -0.4 is 4.72 Å². The van der Waals surface area contributed by atoms with Crippen molar-refractivity contribution < 1.29 is 22.3 Å². The molecule has 0 saturated carbocycles. The summed E-state index contributed by atoms with van der Waals surface area (Å²) in [6.07, 6.45) is -2.75. The second-order valence-electron chi connectivity index (χ2n) is 3.17. The minimum atomic E-state index is -3.97. The molecule has 0 unspecified atom stereocenters. The average molecular weight is 330 g/mol. The molecule has 1 rings (SSSR count). The molecule has 0 spiro atoms. The Labute approximate surface area is 106 Å². The minimum absolute atomic E-state index is 0.143. The van der Waals surface area contributed by atoms with Crippen LogP contribution in [0, 0.1) is 0 Å². The number of sulfonamides is 1. The van der Waals surface area contributed by atoms with Gasteiger partial charge >= 0.3 is 0 Å². The first-order chi connectivity index (χ1) is 7.86. The van der Waals surface area contributed by atoms with Crippen LogP contribution >= 0.6 is 15.9 Å². The average Bonchev–Trinajstić information content (AvgIpc) is 2.26. The van der Waals surface area contributed by atoms with Gasteiger partial charge in [-0.2, -0.15) is 0 Å². The smallest absolute Gasteiger partial charge is 0.251 e. The molecule has 0 saturated heterocycles. The first-order valence-corrected chi connectivity index (χ1v) is 6.81. The van der Waals surface area contributed by atoms with Crippen LogP contribution in [0.15, 0.2) is 27.6 Å². The molecule has 4 nitrogen and oxygen atoms in total. The second kappa shape index (κ2) is 5.85. The predicted molar refractivity (Wildman–Crippen MR) is 61.3 cm³/mol. The summed E-state index contributed by atoms with van der Waals surface area (Å²) in [4.78, 5) is -0.143. The van der Waals surface area contributed by atoms with Crippen LogP contribution in [0.1, 0.15) is 5.56 Å². The van der Waals surface area contributed by atoms with Crippen molar-refractivity contribution in [2.45, 2.75) is 17.9 Å². The summed E-state index contributed by atoms with van der Waals surface area (Å²) >= 11 is 3.01. The molecule has 0 heterocycles. The molecule has 0 aliphatic rings. The van der Waals surface area contributed by atoms with Crippen LogP contribution in [-0.2, 0) is 16.6 Å². The molecule has 96 valence electrons. The monoisotopic (exact) mass is 329 g/mol. The van der Waals surface area contributed by atoms with Crippen molar-refractivity contribution in [2.24, 2.45) is 0 Å². The summed E-state index contributed by atoms with van der Waals surface area (Å²) in [7, 11) is -3.97. The summed E-state index contributed by atoms with van der Waals surface area (Å²) in [6.45, 7) is -1.17. The summed E-state index contributed by atoms with van der Waals surface area (Å²) in [5.74, 6) is 0. The van der Waals surface area contributed by atoms with Gasteiger partial charge in [0.05, 0.1) is 18.0 Å². The van der Waals surface area contributed by atoms with Gasteiger partial charge < -0.3 is 5.11 Å². The molecule has 2 N–H and O–H groups in total. The van der Waals surface area contributed by atoms with Crippen LogP contribution in [-0.4, -0.2) is 26.5 Å². The maximum atomic E-state index is 11.9. The highest BCUT2D eigenvalue weighted by Crippen LogP contribution is 2.23. The van der Waals surface area contributed by atoms with E-state index in [1.165, 1.54) is 18.2 Å². The molecule has 1 aromatic carbocycles. The van der Waals surface area contributed by atoms with E-state index in [2.05, 4.69) is 15.9 Å². The third-order valence-electron chi connectivity index (χ3n) is 1.90. The maximum absolute atomic E-state index is 11.9. The summed E-state index contributed by atoms with van der Waals surface area (Å²) < 4.78 is 49.1. The third-order valence-corrected chi connectivity index (χ3v) is 4.30. The van der Waals surface area contributed by atoms with Crippen LogP contribution in [0.25, 0.3) is 0 Å². The van der Waals surface area contributed by atoms with E-state index in [1.54, 1.807) is 4.72 Å². The Kier molecular flexibility index (Phi) is 4.99. The zero-order valence-electron chi connectivity index (χ0n) is 8.53. The minimum Gasteiger partial charge on any atom is -0.392 e. The fourth-order valence-corrected chi connectivity index (χ4v) is 3.24. The maximum Gasteiger partial charge on any atom is 0.251 e. The predicted octanol–water partition coefficient (Wildman–Crippen LogP) is 1.48. The van der Waals surface area contributed by atoms with Gasteiger partial charge in [-0.25, -0.2) is 21.9 Å². The molecule has 0 fully saturated rings. The summed E-state index contributed by atoms with van der Waals surface area (Å²) in [6, 6.07) is 4.06. The number of rotatable bonds is 5. The first-order valence-electron chi connectivity index (χ1n) is 4.54. The van der Waals surface area contributed by atoms with Gasteiger partial charge in [0.15, 0.2) is 0 Å². The van der Waals surface area contributed by atoms with Gasteiger partial charge in [0.2, 0.25) is 10.0 Å². The Morgan fingerprint density at radius 1 is 1.41 bits per heavy atom. The lowest BCUT2D eigenvalue weighted by Gasteiger charge is -2.08. The van der Waals surface area contributed by atoms with E-state index < -0.39 is 23.0 Å². The highest BCUT2D eigenvalue weighted by molar-refractivity contribution is 9.10. The molecule has 8 heteroatoms. The Morgan fingerprint density at radius 2 is 2.06 bits per heavy atom. The molecule has 0 aliphatic carbocycles. The number of benzene rings is 1. The van der Waals surface area contributed by atoms with Gasteiger partial charge in [0.25, 0.3) is 6.43 Å². The number of hydrogen-bond donors (Lipinski definition) is 2. The molecular weight excluding hydrogens is 320 g/mol. The van der Waals surface area contributed by atoms with E-state index in [0.29, 0.717) is 5.56 Å². The van der Waals surface area contributed by atoms with Crippen molar-refractivity contribution in [1.82, 2.24) is 4.72 Å². The van der Waals surface area contributed by atoms with Crippen LogP contribution in [0.3, 0.4) is 0 Å². The second-order valence-corrected chi connectivity index (χ2v) is 5.76. The van der Waals surface area contributed by atoms with Crippen molar-refractivity contribution >= 4 is 26.0 Å². The zero-order valence-corrected chi connectivity index (χ0v) is 10.9. The molecule has 0 bridgehead atoms.